The first kappa shape index (κ1) is 20.7. The number of carboxylic acid groups (broad SMARTS) is 1. The molecule has 0 aliphatic carbocycles. The quantitative estimate of drug-likeness (QED) is 0.314. The second kappa shape index (κ2) is 12.3. The maximum absolute atomic E-state index is 12.2. The lowest BCUT2D eigenvalue weighted by atomic mass is 9.94. The van der Waals surface area contributed by atoms with Gasteiger partial charge < -0.3 is 5.11 Å². The van der Waals surface area contributed by atoms with Crippen LogP contribution < -0.4 is 0 Å². The van der Waals surface area contributed by atoms with E-state index in [2.05, 4.69) is 27.7 Å². The number of unbranched alkanes of at least 4 members (excludes halogenated alkanes) is 4. The Morgan fingerprint density at radius 1 is 0.810 bits per heavy atom. The second-order valence-corrected chi connectivity index (χ2v) is 10.3. The van der Waals surface area contributed by atoms with Gasteiger partial charge in [-0.2, -0.15) is 0 Å². The van der Waals surface area contributed by atoms with Gasteiger partial charge >= 0.3 is 5.97 Å². The van der Waals surface area contributed by atoms with Crippen molar-refractivity contribution in [2.24, 2.45) is 0 Å². The van der Waals surface area contributed by atoms with E-state index in [1.165, 1.54) is 37.8 Å². The average molecular weight is 315 g/mol. The molecule has 0 rings (SSSR count). The standard InChI is InChI=1S/C18H38O2Si/c1-5-9-10-11-12-14-18(13-6-2,17(19)20)21(15-7-3)16-8-4/h21H,5-16H2,1-4H3,(H,19,20). The van der Waals surface area contributed by atoms with Crippen LogP contribution in [0.3, 0.4) is 0 Å². The van der Waals surface area contributed by atoms with E-state index < -0.39 is 14.8 Å². The van der Waals surface area contributed by atoms with Gasteiger partial charge in [0.15, 0.2) is 0 Å². The first-order valence-electron chi connectivity index (χ1n) is 9.32. The highest BCUT2D eigenvalue weighted by atomic mass is 28.3. The molecule has 21 heavy (non-hydrogen) atoms. The van der Waals surface area contributed by atoms with Crippen molar-refractivity contribution >= 4 is 14.8 Å². The first-order valence-corrected chi connectivity index (χ1v) is 11.5. The van der Waals surface area contributed by atoms with E-state index in [1.807, 2.05) is 0 Å². The smallest absolute Gasteiger partial charge is 0.306 e. The third kappa shape index (κ3) is 6.99. The molecule has 2 nitrogen and oxygen atoms in total. The minimum absolute atomic E-state index is 0.326. The van der Waals surface area contributed by atoms with Crippen LogP contribution in [-0.4, -0.2) is 19.9 Å². The summed E-state index contributed by atoms with van der Waals surface area (Å²) in [4.78, 5) is 12.2. The van der Waals surface area contributed by atoms with E-state index >= 15 is 0 Å². The molecular formula is C18H38O2Si. The Bertz CT molecular complexity index is 262. The molecule has 0 bridgehead atoms. The van der Waals surface area contributed by atoms with Crippen molar-refractivity contribution in [3.05, 3.63) is 0 Å². The van der Waals surface area contributed by atoms with Crippen LogP contribution in [0.15, 0.2) is 0 Å². The second-order valence-electron chi connectivity index (χ2n) is 6.65. The fourth-order valence-electron chi connectivity index (χ4n) is 3.81. The minimum atomic E-state index is -1.22. The third-order valence-corrected chi connectivity index (χ3v) is 9.84. The largest absolute Gasteiger partial charge is 0.481 e. The normalized spacial score (nSPS) is 14.3. The molecule has 0 aliphatic rings. The Morgan fingerprint density at radius 2 is 1.38 bits per heavy atom. The van der Waals surface area contributed by atoms with Crippen LogP contribution in [0, 0.1) is 0 Å². The zero-order valence-corrected chi connectivity index (χ0v) is 16.1. The summed E-state index contributed by atoms with van der Waals surface area (Å²) in [6.07, 6.45) is 11.3. The van der Waals surface area contributed by atoms with Crippen molar-refractivity contribution in [3.63, 3.8) is 0 Å². The molecular weight excluding hydrogens is 276 g/mol. The first-order chi connectivity index (χ1) is 10.1. The molecule has 0 radical (unpaired) electrons. The lowest BCUT2D eigenvalue weighted by Crippen LogP contribution is -2.39. The summed E-state index contributed by atoms with van der Waals surface area (Å²) in [7, 11) is -1.22. The fraction of sp³-hybridized carbons (Fsp3) is 0.944. The molecule has 0 aromatic carbocycles. The summed E-state index contributed by atoms with van der Waals surface area (Å²) in [5, 5.41) is 9.69. The molecule has 0 fully saturated rings. The van der Waals surface area contributed by atoms with Gasteiger partial charge in [-0.15, -0.1) is 0 Å². The van der Waals surface area contributed by atoms with Crippen molar-refractivity contribution in [1.82, 2.24) is 0 Å². The maximum atomic E-state index is 12.2. The summed E-state index contributed by atoms with van der Waals surface area (Å²) in [5.41, 5.74) is 0. The van der Waals surface area contributed by atoms with Gasteiger partial charge in [-0.25, -0.2) is 0 Å². The number of carbonyl (C=O) groups is 1. The number of carboxylic acids is 1. The van der Waals surface area contributed by atoms with Crippen molar-refractivity contribution in [1.29, 1.82) is 0 Å². The molecule has 3 heteroatoms. The zero-order valence-electron chi connectivity index (χ0n) is 14.9. The monoisotopic (exact) mass is 314 g/mol. The number of hydrogen-bond acceptors (Lipinski definition) is 1. The summed E-state index contributed by atoms with van der Waals surface area (Å²) < 4.78 is 0. The van der Waals surface area contributed by atoms with Gasteiger partial charge in [0.1, 0.15) is 0 Å². The molecule has 0 saturated carbocycles. The van der Waals surface area contributed by atoms with Crippen molar-refractivity contribution < 1.29 is 9.90 Å². The van der Waals surface area contributed by atoms with Crippen LogP contribution in [0.2, 0.25) is 17.1 Å². The molecule has 1 atom stereocenters. The van der Waals surface area contributed by atoms with E-state index in [1.54, 1.807) is 0 Å². The number of rotatable bonds is 14. The van der Waals surface area contributed by atoms with Gasteiger partial charge in [0, 0.05) is 0 Å². The maximum Gasteiger partial charge on any atom is 0.306 e. The predicted molar refractivity (Wildman–Crippen MR) is 96.0 cm³/mol. The van der Waals surface area contributed by atoms with Gasteiger partial charge in [0.05, 0.1) is 13.8 Å². The molecule has 1 N–H and O–H groups in total. The Balaban J connectivity index is 4.89. The van der Waals surface area contributed by atoms with Crippen LogP contribution in [0.1, 0.15) is 91.9 Å². The Hall–Kier alpha value is -0.313. The lowest BCUT2D eigenvalue weighted by Gasteiger charge is -2.37. The average Bonchev–Trinajstić information content (AvgIpc) is 2.45. The number of aliphatic carboxylic acids is 1. The molecule has 126 valence electrons. The van der Waals surface area contributed by atoms with Crippen molar-refractivity contribution in [3.8, 4) is 0 Å². The van der Waals surface area contributed by atoms with E-state index in [9.17, 15) is 9.90 Å². The minimum Gasteiger partial charge on any atom is -0.481 e. The zero-order chi connectivity index (χ0) is 16.1. The molecule has 0 saturated heterocycles. The van der Waals surface area contributed by atoms with Crippen LogP contribution >= 0.6 is 0 Å². The van der Waals surface area contributed by atoms with Crippen molar-refractivity contribution in [2.45, 2.75) is 109 Å². The highest BCUT2D eigenvalue weighted by molar-refractivity contribution is 6.66. The molecule has 0 aromatic heterocycles. The van der Waals surface area contributed by atoms with E-state index in [-0.39, 0.29) is 5.04 Å². The van der Waals surface area contributed by atoms with Gasteiger partial charge in [-0.3, -0.25) is 4.79 Å². The Morgan fingerprint density at radius 3 is 1.81 bits per heavy atom. The van der Waals surface area contributed by atoms with E-state index in [0.717, 1.165) is 38.5 Å². The predicted octanol–water partition coefficient (Wildman–Crippen LogP) is 6.02. The molecule has 0 heterocycles. The van der Waals surface area contributed by atoms with Gasteiger partial charge in [-0.05, 0) is 12.8 Å². The van der Waals surface area contributed by atoms with Crippen LogP contribution in [0.25, 0.3) is 0 Å². The molecule has 0 aliphatic heterocycles. The summed E-state index contributed by atoms with van der Waals surface area (Å²) >= 11 is 0. The lowest BCUT2D eigenvalue weighted by molar-refractivity contribution is -0.141. The van der Waals surface area contributed by atoms with Gasteiger partial charge in [0.25, 0.3) is 0 Å². The van der Waals surface area contributed by atoms with E-state index in [4.69, 9.17) is 0 Å². The van der Waals surface area contributed by atoms with Gasteiger partial charge in [0.2, 0.25) is 0 Å². The Labute approximate surface area is 134 Å². The van der Waals surface area contributed by atoms with Crippen LogP contribution in [0.4, 0.5) is 0 Å². The molecule has 0 aromatic rings. The SMILES string of the molecule is CCCCCCCC(CCC)(C(=O)O)[SiH](CCC)CCC. The highest BCUT2D eigenvalue weighted by Gasteiger charge is 2.44. The third-order valence-electron chi connectivity index (χ3n) is 4.90. The summed E-state index contributed by atoms with van der Waals surface area (Å²) in [6.45, 7) is 8.81. The molecule has 0 spiro atoms. The Kier molecular flexibility index (Phi) is 12.1. The number of hydrogen-bond donors (Lipinski definition) is 1. The van der Waals surface area contributed by atoms with Gasteiger partial charge in [-0.1, -0.05) is 91.1 Å². The summed E-state index contributed by atoms with van der Waals surface area (Å²) in [6, 6.07) is 2.41. The van der Waals surface area contributed by atoms with E-state index in [0.29, 0.717) is 0 Å². The fourth-order valence-corrected chi connectivity index (χ4v) is 8.25. The highest BCUT2D eigenvalue weighted by Crippen LogP contribution is 2.45. The van der Waals surface area contributed by atoms with Crippen LogP contribution in [0.5, 0.6) is 0 Å². The van der Waals surface area contributed by atoms with Crippen molar-refractivity contribution in [2.75, 3.05) is 0 Å². The topological polar surface area (TPSA) is 37.3 Å². The molecule has 1 unspecified atom stereocenters. The summed E-state index contributed by atoms with van der Waals surface area (Å²) in [5.74, 6) is -0.474. The van der Waals surface area contributed by atoms with Crippen LogP contribution in [-0.2, 0) is 4.79 Å². The molecule has 0 amide bonds.